The molecule has 2 aliphatic rings. The van der Waals surface area contributed by atoms with Gasteiger partial charge in [0.1, 0.15) is 17.4 Å². The normalized spacial score (nSPS) is 30.9. The van der Waals surface area contributed by atoms with Crippen molar-refractivity contribution in [2.45, 2.75) is 63.9 Å². The van der Waals surface area contributed by atoms with Crippen LogP contribution in [0.4, 0.5) is 5.82 Å². The van der Waals surface area contributed by atoms with Crippen molar-refractivity contribution < 1.29 is 5.11 Å². The predicted molar refractivity (Wildman–Crippen MR) is 93.2 cm³/mol. The predicted octanol–water partition coefficient (Wildman–Crippen LogP) is 2.16. The van der Waals surface area contributed by atoms with Crippen LogP contribution in [0.1, 0.15) is 64.4 Å². The Hall–Kier alpha value is -1.56. The van der Waals surface area contributed by atoms with Crippen LogP contribution in [0.3, 0.4) is 0 Å². The number of imidazole rings is 1. The molecular weight excluding hydrogens is 290 g/mol. The van der Waals surface area contributed by atoms with Gasteiger partial charge in [0, 0.05) is 18.5 Å². The van der Waals surface area contributed by atoms with Crippen molar-refractivity contribution in [3.8, 4) is 0 Å². The number of aliphatic imine (C=N–C) groups is 1. The van der Waals surface area contributed by atoms with E-state index in [0.29, 0.717) is 0 Å². The third-order valence-electron chi connectivity index (χ3n) is 5.16. The van der Waals surface area contributed by atoms with Crippen molar-refractivity contribution in [1.82, 2.24) is 15.3 Å². The molecule has 23 heavy (non-hydrogen) atoms. The zero-order valence-corrected chi connectivity index (χ0v) is 14.5. The quantitative estimate of drug-likeness (QED) is 0.670. The van der Waals surface area contributed by atoms with Gasteiger partial charge >= 0.3 is 0 Å². The van der Waals surface area contributed by atoms with Crippen LogP contribution in [-0.4, -0.2) is 46.1 Å². The molecule has 128 valence electrons. The summed E-state index contributed by atoms with van der Waals surface area (Å²) in [5, 5.41) is 17.0. The molecule has 1 aromatic rings. The highest BCUT2D eigenvalue weighted by molar-refractivity contribution is 6.02. The number of amidine groups is 1. The van der Waals surface area contributed by atoms with Gasteiger partial charge in [-0.1, -0.05) is 13.8 Å². The molecule has 0 amide bonds. The molecule has 1 aromatic heterocycles. The number of aromatic nitrogens is 2. The van der Waals surface area contributed by atoms with Gasteiger partial charge in [-0.15, -0.1) is 0 Å². The van der Waals surface area contributed by atoms with Crippen LogP contribution in [-0.2, 0) is 5.41 Å². The van der Waals surface area contributed by atoms with E-state index in [2.05, 4.69) is 34.5 Å². The first kappa shape index (κ1) is 16.3. The van der Waals surface area contributed by atoms with Gasteiger partial charge in [-0.05, 0) is 39.0 Å². The molecule has 1 aliphatic carbocycles. The molecule has 2 heterocycles. The lowest BCUT2D eigenvalue weighted by molar-refractivity contribution is 0.00179. The monoisotopic (exact) mass is 319 g/mol. The molecule has 4 N–H and O–H groups in total. The van der Waals surface area contributed by atoms with Gasteiger partial charge in [-0.25, -0.2) is 4.98 Å². The van der Waals surface area contributed by atoms with Gasteiger partial charge in [-0.3, -0.25) is 4.99 Å². The third-order valence-corrected chi connectivity index (χ3v) is 5.16. The minimum Gasteiger partial charge on any atom is -0.390 e. The van der Waals surface area contributed by atoms with Gasteiger partial charge in [0.25, 0.3) is 0 Å². The Balaban J connectivity index is 1.87. The molecule has 6 heteroatoms. The van der Waals surface area contributed by atoms with E-state index in [1.54, 1.807) is 0 Å². The number of aliphatic hydroxyl groups is 1. The molecule has 1 saturated carbocycles. The highest BCUT2D eigenvalue weighted by Gasteiger charge is 2.40. The van der Waals surface area contributed by atoms with Crippen molar-refractivity contribution in [2.75, 3.05) is 25.0 Å². The van der Waals surface area contributed by atoms with Gasteiger partial charge in [0.2, 0.25) is 0 Å². The van der Waals surface area contributed by atoms with Crippen LogP contribution < -0.4 is 10.6 Å². The number of nitrogens with zero attached hydrogens (tertiary/aromatic N) is 2. The van der Waals surface area contributed by atoms with Gasteiger partial charge in [-0.2, -0.15) is 0 Å². The lowest BCUT2D eigenvalue weighted by Crippen LogP contribution is -2.38. The van der Waals surface area contributed by atoms with Crippen LogP contribution >= 0.6 is 0 Å². The third kappa shape index (κ3) is 3.37. The Morgan fingerprint density at radius 3 is 2.57 bits per heavy atom. The Morgan fingerprint density at radius 2 is 1.96 bits per heavy atom. The van der Waals surface area contributed by atoms with E-state index in [0.717, 1.165) is 74.9 Å². The second kappa shape index (κ2) is 6.15. The summed E-state index contributed by atoms with van der Waals surface area (Å²) in [7, 11) is 0. The maximum Gasteiger partial charge on any atom is 0.155 e. The van der Waals surface area contributed by atoms with Crippen LogP contribution in [0, 0.1) is 0 Å². The van der Waals surface area contributed by atoms with Crippen molar-refractivity contribution in [2.24, 2.45) is 4.99 Å². The van der Waals surface area contributed by atoms with E-state index in [-0.39, 0.29) is 5.41 Å². The number of aromatic amines is 1. The molecule has 1 aliphatic heterocycles. The summed E-state index contributed by atoms with van der Waals surface area (Å²) in [6, 6.07) is 0. The Bertz CT molecular complexity index is 580. The summed E-state index contributed by atoms with van der Waals surface area (Å²) in [5.41, 5.74) is 0.432. The van der Waals surface area contributed by atoms with Crippen LogP contribution in [0.5, 0.6) is 0 Å². The SMILES string of the molecule is CCCNc1nc(C2(C)CCC(C)(O)CC2)[nH]c1C1=NCCN1. The Morgan fingerprint density at radius 1 is 1.22 bits per heavy atom. The summed E-state index contributed by atoms with van der Waals surface area (Å²) in [5.74, 6) is 2.82. The molecule has 0 spiro atoms. The van der Waals surface area contributed by atoms with E-state index in [9.17, 15) is 5.11 Å². The maximum atomic E-state index is 10.2. The van der Waals surface area contributed by atoms with Gasteiger partial charge in [0.05, 0.1) is 12.1 Å². The van der Waals surface area contributed by atoms with Crippen LogP contribution in [0.25, 0.3) is 0 Å². The Labute approximate surface area is 138 Å². The first-order valence-electron chi connectivity index (χ1n) is 8.79. The molecule has 0 bridgehead atoms. The maximum absolute atomic E-state index is 10.2. The first-order valence-corrected chi connectivity index (χ1v) is 8.79. The fourth-order valence-electron chi connectivity index (χ4n) is 3.34. The zero-order chi connectivity index (χ0) is 16.5. The fraction of sp³-hybridized carbons (Fsp3) is 0.765. The molecular formula is C17H29N5O. The molecule has 3 rings (SSSR count). The lowest BCUT2D eigenvalue weighted by Gasteiger charge is -2.39. The second-order valence-corrected chi connectivity index (χ2v) is 7.45. The molecule has 0 aromatic carbocycles. The molecule has 6 nitrogen and oxygen atoms in total. The molecule has 0 atom stereocenters. The summed E-state index contributed by atoms with van der Waals surface area (Å²) in [6.07, 6.45) is 4.58. The van der Waals surface area contributed by atoms with Gasteiger partial charge < -0.3 is 20.7 Å². The number of hydrogen-bond donors (Lipinski definition) is 4. The topological polar surface area (TPSA) is 85.3 Å². The van der Waals surface area contributed by atoms with Crippen molar-refractivity contribution >= 4 is 11.7 Å². The molecule has 0 saturated heterocycles. The molecule has 0 radical (unpaired) electrons. The molecule has 0 unspecified atom stereocenters. The highest BCUT2D eigenvalue weighted by Crippen LogP contribution is 2.42. The number of H-pyrrole nitrogens is 1. The number of hydrogen-bond acceptors (Lipinski definition) is 5. The van der Waals surface area contributed by atoms with Gasteiger partial charge in [0.15, 0.2) is 5.82 Å². The highest BCUT2D eigenvalue weighted by atomic mass is 16.3. The average Bonchev–Trinajstić information content (AvgIpc) is 3.17. The van der Waals surface area contributed by atoms with Crippen molar-refractivity contribution in [1.29, 1.82) is 0 Å². The second-order valence-electron chi connectivity index (χ2n) is 7.45. The minimum absolute atomic E-state index is 0.0116. The smallest absolute Gasteiger partial charge is 0.155 e. The fourth-order valence-corrected chi connectivity index (χ4v) is 3.34. The van der Waals surface area contributed by atoms with Crippen LogP contribution in [0.15, 0.2) is 4.99 Å². The first-order chi connectivity index (χ1) is 10.9. The Kier molecular flexibility index (Phi) is 4.36. The number of anilines is 1. The zero-order valence-electron chi connectivity index (χ0n) is 14.5. The standard InChI is InChI=1S/C17H29N5O/c1-4-9-18-14-12(13-19-10-11-20-13)21-15(22-14)16(2)5-7-17(3,23)8-6-16/h18,23H,4-11H2,1-3H3,(H,19,20)(H,21,22). The minimum atomic E-state index is -0.532. The van der Waals surface area contributed by atoms with Crippen molar-refractivity contribution in [3.05, 3.63) is 11.5 Å². The largest absolute Gasteiger partial charge is 0.390 e. The van der Waals surface area contributed by atoms with Crippen molar-refractivity contribution in [3.63, 3.8) is 0 Å². The van der Waals surface area contributed by atoms with E-state index in [1.165, 1.54) is 0 Å². The van der Waals surface area contributed by atoms with E-state index in [1.807, 2.05) is 6.92 Å². The van der Waals surface area contributed by atoms with E-state index >= 15 is 0 Å². The summed E-state index contributed by atoms with van der Waals surface area (Å²) in [6.45, 7) is 8.93. The van der Waals surface area contributed by atoms with E-state index < -0.39 is 5.60 Å². The summed E-state index contributed by atoms with van der Waals surface area (Å²) in [4.78, 5) is 12.9. The summed E-state index contributed by atoms with van der Waals surface area (Å²) < 4.78 is 0. The summed E-state index contributed by atoms with van der Waals surface area (Å²) >= 11 is 0. The molecule has 1 fully saturated rings. The average molecular weight is 319 g/mol. The number of nitrogens with one attached hydrogen (secondary N) is 3. The lowest BCUT2D eigenvalue weighted by atomic mass is 9.70. The van der Waals surface area contributed by atoms with Crippen LogP contribution in [0.2, 0.25) is 0 Å². The van der Waals surface area contributed by atoms with E-state index in [4.69, 9.17) is 4.98 Å². The number of rotatable bonds is 5.